The molecule has 0 saturated heterocycles. The van der Waals surface area contributed by atoms with Crippen molar-refractivity contribution in [3.63, 3.8) is 0 Å². The Balaban J connectivity index is 1.39. The van der Waals surface area contributed by atoms with Gasteiger partial charge in [-0.25, -0.2) is 18.2 Å². The Morgan fingerprint density at radius 2 is 1.56 bits per heavy atom. The molecule has 0 bridgehead atoms. The summed E-state index contributed by atoms with van der Waals surface area (Å²) in [7, 11) is -0.546. The molecule has 1 aromatic heterocycles. The van der Waals surface area contributed by atoms with Crippen LogP contribution in [0, 0.1) is 0 Å². The van der Waals surface area contributed by atoms with E-state index in [4.69, 9.17) is 19.9 Å². The van der Waals surface area contributed by atoms with Crippen molar-refractivity contribution in [2.45, 2.75) is 37.5 Å². The van der Waals surface area contributed by atoms with E-state index in [0.29, 0.717) is 51.4 Å². The molecule has 0 atom stereocenters. The zero-order valence-electron chi connectivity index (χ0n) is 28.6. The van der Waals surface area contributed by atoms with Crippen LogP contribution in [0.2, 0.25) is 0 Å². The molecule has 0 aliphatic heterocycles. The highest BCUT2D eigenvalue weighted by Gasteiger charge is 2.22. The number of hydrogen-bond acceptors (Lipinski definition) is 9. The summed E-state index contributed by atoms with van der Waals surface area (Å²) in [6, 6.07) is 22.1. The molecule has 0 unspecified atom stereocenters. The van der Waals surface area contributed by atoms with Gasteiger partial charge in [0.05, 0.1) is 36.9 Å². The number of carbonyl (C=O) groups is 2. The largest absolute Gasteiger partial charge is 0.497 e. The first-order valence-corrected chi connectivity index (χ1v) is 17.4. The van der Waals surface area contributed by atoms with Crippen molar-refractivity contribution in [1.29, 1.82) is 0 Å². The maximum atomic E-state index is 13.4. The SMILES string of the molecule is COc1cc(Nc2cc(Oc3ccc(NC(=O)Nc4cc(C(C)(C)C)cc(CC(N)=O)c4OC)c4ccccc34)ccn2)cc(S(C)(=O)=O)c1. The van der Waals surface area contributed by atoms with E-state index in [0.717, 1.165) is 22.6 Å². The van der Waals surface area contributed by atoms with Crippen LogP contribution in [0.15, 0.2) is 90.0 Å². The molecule has 0 radical (unpaired) electrons. The monoisotopic (exact) mass is 697 g/mol. The van der Waals surface area contributed by atoms with Crippen LogP contribution in [0.3, 0.4) is 0 Å². The fourth-order valence-corrected chi connectivity index (χ4v) is 5.99. The lowest BCUT2D eigenvalue weighted by molar-refractivity contribution is -0.117. The van der Waals surface area contributed by atoms with E-state index in [-0.39, 0.29) is 16.7 Å². The third kappa shape index (κ3) is 8.42. The number of benzene rings is 4. The molecule has 0 aliphatic rings. The van der Waals surface area contributed by atoms with Gasteiger partial charge in [0.1, 0.15) is 28.8 Å². The van der Waals surface area contributed by atoms with E-state index < -0.39 is 21.8 Å². The molecule has 0 saturated carbocycles. The van der Waals surface area contributed by atoms with E-state index in [1.54, 1.807) is 36.5 Å². The van der Waals surface area contributed by atoms with Crippen LogP contribution in [0.1, 0.15) is 31.9 Å². The number of anilines is 4. The second-order valence-corrected chi connectivity index (χ2v) is 14.6. The van der Waals surface area contributed by atoms with Crippen molar-refractivity contribution >= 4 is 55.4 Å². The zero-order chi connectivity index (χ0) is 36.2. The smallest absolute Gasteiger partial charge is 0.323 e. The summed E-state index contributed by atoms with van der Waals surface area (Å²) in [5.41, 5.74) is 8.11. The van der Waals surface area contributed by atoms with Crippen molar-refractivity contribution in [3.05, 3.63) is 96.2 Å². The van der Waals surface area contributed by atoms with Gasteiger partial charge in [0, 0.05) is 46.6 Å². The second kappa shape index (κ2) is 14.3. The summed E-state index contributed by atoms with van der Waals surface area (Å²) in [5, 5.41) is 10.4. The molecular weight excluding hydrogens is 659 g/mol. The average Bonchev–Trinajstić information content (AvgIpc) is 3.04. The van der Waals surface area contributed by atoms with E-state index in [1.165, 1.54) is 26.4 Å². The summed E-state index contributed by atoms with van der Waals surface area (Å²) < 4.78 is 41.5. The van der Waals surface area contributed by atoms with Crippen LogP contribution >= 0.6 is 0 Å². The van der Waals surface area contributed by atoms with Gasteiger partial charge < -0.3 is 35.9 Å². The lowest BCUT2D eigenvalue weighted by atomic mass is 9.85. The first-order chi connectivity index (χ1) is 23.6. The molecule has 3 amide bonds. The topological polar surface area (TPSA) is 171 Å². The van der Waals surface area contributed by atoms with E-state index in [2.05, 4.69) is 20.9 Å². The Bertz CT molecular complexity index is 2200. The number of carbonyl (C=O) groups excluding carboxylic acids is 2. The third-order valence-electron chi connectivity index (χ3n) is 7.76. The number of aromatic nitrogens is 1. The normalized spacial score (nSPS) is 11.5. The van der Waals surface area contributed by atoms with Crippen LogP contribution in [0.5, 0.6) is 23.0 Å². The highest BCUT2D eigenvalue weighted by molar-refractivity contribution is 7.90. The minimum Gasteiger partial charge on any atom is -0.497 e. The standard InChI is InChI=1S/C37H39N5O7S/c1-37(2,3)23-15-22(16-33(38)43)35(48-5)31(17-23)42-36(44)41-30-11-12-32(29-10-8-7-9-28(29)30)49-25-13-14-39-34(21-25)40-24-18-26(47-4)20-27(19-24)50(6,45)46/h7-15,17-21H,16H2,1-6H3,(H2,38,43)(H,39,40)(H2,41,42,44). The molecule has 1 heterocycles. The number of amides is 3. The number of hydrogen-bond donors (Lipinski definition) is 4. The van der Waals surface area contributed by atoms with Crippen LogP contribution < -0.4 is 35.9 Å². The predicted molar refractivity (Wildman–Crippen MR) is 195 cm³/mol. The number of fused-ring (bicyclic) bond motifs is 1. The highest BCUT2D eigenvalue weighted by atomic mass is 32.2. The Kier molecular flexibility index (Phi) is 10.2. The average molecular weight is 698 g/mol. The van der Waals surface area contributed by atoms with Crippen LogP contribution in [0.4, 0.5) is 27.7 Å². The molecule has 0 fully saturated rings. The highest BCUT2D eigenvalue weighted by Crippen LogP contribution is 2.38. The van der Waals surface area contributed by atoms with Gasteiger partial charge in [0.15, 0.2) is 9.84 Å². The fraction of sp³-hybridized carbons (Fsp3) is 0.216. The van der Waals surface area contributed by atoms with E-state index in [9.17, 15) is 18.0 Å². The molecule has 5 N–H and O–H groups in total. The Hall–Kier alpha value is -5.82. The van der Waals surface area contributed by atoms with Crippen LogP contribution in [-0.4, -0.2) is 45.8 Å². The first kappa shape index (κ1) is 35.5. The lowest BCUT2D eigenvalue weighted by Gasteiger charge is -2.23. The zero-order valence-corrected chi connectivity index (χ0v) is 29.4. The summed E-state index contributed by atoms with van der Waals surface area (Å²) in [5.74, 6) is 1.63. The molecule has 0 spiro atoms. The summed E-state index contributed by atoms with van der Waals surface area (Å²) >= 11 is 0. The van der Waals surface area contributed by atoms with Gasteiger partial charge in [-0.1, -0.05) is 51.1 Å². The van der Waals surface area contributed by atoms with Crippen molar-refractivity contribution in [2.24, 2.45) is 5.73 Å². The predicted octanol–water partition coefficient (Wildman–Crippen LogP) is 7.16. The first-order valence-electron chi connectivity index (χ1n) is 15.5. The van der Waals surface area contributed by atoms with Gasteiger partial charge in [-0.15, -0.1) is 0 Å². The molecule has 0 aliphatic carbocycles. The molecule has 260 valence electrons. The molecule has 12 nitrogen and oxygen atoms in total. The second-order valence-electron chi connectivity index (χ2n) is 12.6. The van der Waals surface area contributed by atoms with Crippen molar-refractivity contribution < 1.29 is 32.2 Å². The van der Waals surface area contributed by atoms with E-state index >= 15 is 0 Å². The number of primary amides is 1. The molecular formula is C37H39N5O7S. The Morgan fingerprint density at radius 1 is 0.840 bits per heavy atom. The molecule has 4 aromatic carbocycles. The number of ether oxygens (including phenoxy) is 3. The van der Waals surface area contributed by atoms with Gasteiger partial charge >= 0.3 is 6.03 Å². The van der Waals surface area contributed by atoms with E-state index in [1.807, 2.05) is 57.2 Å². The van der Waals surface area contributed by atoms with Gasteiger partial charge in [-0.2, -0.15) is 0 Å². The number of methoxy groups -OCH3 is 2. The Labute approximate surface area is 290 Å². The van der Waals surface area contributed by atoms with Gasteiger partial charge in [-0.3, -0.25) is 4.79 Å². The molecule has 13 heteroatoms. The Morgan fingerprint density at radius 3 is 2.22 bits per heavy atom. The number of nitrogens with zero attached hydrogens (tertiary/aromatic N) is 1. The molecule has 50 heavy (non-hydrogen) atoms. The number of sulfone groups is 1. The number of nitrogens with one attached hydrogen (secondary N) is 3. The number of nitrogens with two attached hydrogens (primary N) is 1. The molecule has 5 rings (SSSR count). The van der Waals surface area contributed by atoms with Gasteiger partial charge in [0.2, 0.25) is 5.91 Å². The maximum absolute atomic E-state index is 13.4. The third-order valence-corrected chi connectivity index (χ3v) is 8.85. The fourth-order valence-electron chi connectivity index (χ4n) is 5.31. The summed E-state index contributed by atoms with van der Waals surface area (Å²) in [6.07, 6.45) is 2.65. The molecule has 5 aromatic rings. The quantitative estimate of drug-likeness (QED) is 0.112. The van der Waals surface area contributed by atoms with Crippen LogP contribution in [0.25, 0.3) is 10.8 Å². The number of rotatable bonds is 11. The minimum absolute atomic E-state index is 0.0460. The number of urea groups is 1. The van der Waals surface area contributed by atoms with Crippen molar-refractivity contribution in [2.75, 3.05) is 36.4 Å². The lowest BCUT2D eigenvalue weighted by Crippen LogP contribution is -2.22. The summed E-state index contributed by atoms with van der Waals surface area (Å²) in [4.78, 5) is 29.7. The van der Waals surface area contributed by atoms with Crippen molar-refractivity contribution in [1.82, 2.24) is 4.98 Å². The van der Waals surface area contributed by atoms with Crippen molar-refractivity contribution in [3.8, 4) is 23.0 Å². The van der Waals surface area contributed by atoms with Gasteiger partial charge in [-0.05, 0) is 47.4 Å². The maximum Gasteiger partial charge on any atom is 0.323 e. The van der Waals surface area contributed by atoms with Crippen LogP contribution in [-0.2, 0) is 26.5 Å². The minimum atomic E-state index is -3.48. The summed E-state index contributed by atoms with van der Waals surface area (Å²) in [6.45, 7) is 6.09. The number of pyridine rings is 1. The van der Waals surface area contributed by atoms with Gasteiger partial charge in [0.25, 0.3) is 0 Å².